The molecule has 0 atom stereocenters. The van der Waals surface area contributed by atoms with Crippen molar-refractivity contribution in [3.63, 3.8) is 0 Å². The lowest BCUT2D eigenvalue weighted by atomic mass is 10.2. The molecule has 3 nitrogen and oxygen atoms in total. The van der Waals surface area contributed by atoms with Crippen molar-refractivity contribution in [2.45, 2.75) is 6.61 Å². The van der Waals surface area contributed by atoms with Crippen molar-refractivity contribution in [1.82, 2.24) is 0 Å². The number of rotatable bonds is 4. The number of hydrogen-bond acceptors (Lipinski definition) is 3. The number of halogens is 3. The minimum Gasteiger partial charge on any atom is -0.496 e. The second-order valence-electron chi connectivity index (χ2n) is 4.06. The quantitative estimate of drug-likeness (QED) is 0.635. The Morgan fingerprint density at radius 1 is 1.05 bits per heavy atom. The second kappa shape index (κ2) is 6.83. The van der Waals surface area contributed by atoms with Gasteiger partial charge in [0.1, 0.15) is 18.1 Å². The van der Waals surface area contributed by atoms with E-state index < -0.39 is 0 Å². The first-order chi connectivity index (χ1) is 9.51. The maximum atomic E-state index is 5.86. The molecule has 0 unspecified atom stereocenters. The maximum Gasteiger partial charge on any atom is 0.148 e. The van der Waals surface area contributed by atoms with Gasteiger partial charge in [0, 0.05) is 15.7 Å². The number of methoxy groups -OCH3 is 1. The number of anilines is 1. The molecule has 0 spiro atoms. The number of nitrogens with two attached hydrogens (primary N) is 1. The zero-order valence-electron chi connectivity index (χ0n) is 10.6. The molecular formula is C14H12Br3NO2. The van der Waals surface area contributed by atoms with Gasteiger partial charge in [-0.15, -0.1) is 0 Å². The van der Waals surface area contributed by atoms with E-state index in [-0.39, 0.29) is 0 Å². The fourth-order valence-electron chi connectivity index (χ4n) is 1.73. The summed E-state index contributed by atoms with van der Waals surface area (Å²) in [4.78, 5) is 0. The van der Waals surface area contributed by atoms with Crippen LogP contribution in [0.15, 0.2) is 43.7 Å². The number of nitrogen functional groups attached to an aromatic ring is 1. The van der Waals surface area contributed by atoms with Gasteiger partial charge in [-0.1, -0.05) is 15.9 Å². The van der Waals surface area contributed by atoms with Gasteiger partial charge < -0.3 is 15.2 Å². The van der Waals surface area contributed by atoms with Gasteiger partial charge in [-0.25, -0.2) is 0 Å². The van der Waals surface area contributed by atoms with Crippen molar-refractivity contribution in [2.75, 3.05) is 12.8 Å². The van der Waals surface area contributed by atoms with Gasteiger partial charge in [-0.2, -0.15) is 0 Å². The predicted molar refractivity (Wildman–Crippen MR) is 91.3 cm³/mol. The molecule has 0 fully saturated rings. The number of benzene rings is 2. The number of hydrogen-bond donors (Lipinski definition) is 1. The lowest BCUT2D eigenvalue weighted by molar-refractivity contribution is 0.293. The zero-order valence-corrected chi connectivity index (χ0v) is 15.4. The Morgan fingerprint density at radius 2 is 1.70 bits per heavy atom. The van der Waals surface area contributed by atoms with Crippen LogP contribution in [0.4, 0.5) is 5.69 Å². The monoisotopic (exact) mass is 463 g/mol. The second-order valence-corrected chi connectivity index (χ2v) is 6.68. The molecule has 0 aromatic heterocycles. The summed E-state index contributed by atoms with van der Waals surface area (Å²) >= 11 is 10.4. The minimum absolute atomic E-state index is 0.368. The van der Waals surface area contributed by atoms with Gasteiger partial charge in [0.2, 0.25) is 0 Å². The Morgan fingerprint density at radius 3 is 2.30 bits per heavy atom. The van der Waals surface area contributed by atoms with E-state index in [0.29, 0.717) is 12.3 Å². The van der Waals surface area contributed by atoms with E-state index in [0.717, 1.165) is 30.5 Å². The van der Waals surface area contributed by atoms with Gasteiger partial charge in [0.25, 0.3) is 0 Å². The van der Waals surface area contributed by atoms with Gasteiger partial charge in [0.15, 0.2) is 0 Å². The van der Waals surface area contributed by atoms with Crippen molar-refractivity contribution in [2.24, 2.45) is 0 Å². The molecule has 6 heteroatoms. The third kappa shape index (κ3) is 3.68. The summed E-state index contributed by atoms with van der Waals surface area (Å²) in [5.41, 5.74) is 7.37. The SMILES string of the molecule is COc1ccc(N)cc1COc1c(Br)cc(Br)cc1Br. The van der Waals surface area contributed by atoms with Crippen LogP contribution in [0.1, 0.15) is 5.56 Å². The van der Waals surface area contributed by atoms with Crippen LogP contribution in [0, 0.1) is 0 Å². The van der Waals surface area contributed by atoms with E-state index in [1.54, 1.807) is 13.2 Å². The summed E-state index contributed by atoms with van der Waals surface area (Å²) < 4.78 is 13.8. The van der Waals surface area contributed by atoms with Gasteiger partial charge in [0.05, 0.1) is 16.1 Å². The van der Waals surface area contributed by atoms with E-state index in [1.807, 2.05) is 24.3 Å². The smallest absolute Gasteiger partial charge is 0.148 e. The highest BCUT2D eigenvalue weighted by molar-refractivity contribution is 9.11. The number of ether oxygens (including phenoxy) is 2. The van der Waals surface area contributed by atoms with Crippen LogP contribution in [-0.4, -0.2) is 7.11 Å². The van der Waals surface area contributed by atoms with Gasteiger partial charge in [-0.3, -0.25) is 0 Å². The van der Waals surface area contributed by atoms with E-state index >= 15 is 0 Å². The molecule has 0 radical (unpaired) electrons. The van der Waals surface area contributed by atoms with Crippen molar-refractivity contribution >= 4 is 53.5 Å². The van der Waals surface area contributed by atoms with Crippen LogP contribution in [-0.2, 0) is 6.61 Å². The summed E-state index contributed by atoms with van der Waals surface area (Å²) in [5.74, 6) is 1.49. The van der Waals surface area contributed by atoms with Crippen LogP contribution in [0.25, 0.3) is 0 Å². The first kappa shape index (κ1) is 15.7. The lowest BCUT2D eigenvalue weighted by Crippen LogP contribution is -2.01. The predicted octanol–water partition coefficient (Wildman–Crippen LogP) is 5.14. The fraction of sp³-hybridized carbons (Fsp3) is 0.143. The van der Waals surface area contributed by atoms with E-state index in [4.69, 9.17) is 15.2 Å². The standard InChI is InChI=1S/C14H12Br3NO2/c1-19-13-3-2-10(18)4-8(13)7-20-14-11(16)5-9(15)6-12(14)17/h2-6H,7,18H2,1H3. The van der Waals surface area contributed by atoms with Crippen LogP contribution in [0.2, 0.25) is 0 Å². The van der Waals surface area contributed by atoms with Crippen molar-refractivity contribution in [1.29, 1.82) is 0 Å². The Kier molecular flexibility index (Phi) is 5.35. The van der Waals surface area contributed by atoms with Crippen LogP contribution < -0.4 is 15.2 Å². The molecule has 0 bridgehead atoms. The van der Waals surface area contributed by atoms with Gasteiger partial charge >= 0.3 is 0 Å². The molecule has 2 aromatic rings. The Bertz CT molecular complexity index is 609. The van der Waals surface area contributed by atoms with Gasteiger partial charge in [-0.05, 0) is 62.2 Å². The van der Waals surface area contributed by atoms with Crippen molar-refractivity contribution in [3.05, 3.63) is 49.3 Å². The third-order valence-electron chi connectivity index (χ3n) is 2.64. The molecule has 0 saturated heterocycles. The van der Waals surface area contributed by atoms with E-state index in [1.165, 1.54) is 0 Å². The highest BCUT2D eigenvalue weighted by Gasteiger charge is 2.10. The molecule has 0 amide bonds. The van der Waals surface area contributed by atoms with Crippen LogP contribution in [0.3, 0.4) is 0 Å². The highest BCUT2D eigenvalue weighted by atomic mass is 79.9. The first-order valence-electron chi connectivity index (χ1n) is 5.71. The molecule has 2 rings (SSSR count). The first-order valence-corrected chi connectivity index (χ1v) is 8.09. The summed E-state index contributed by atoms with van der Waals surface area (Å²) in [5, 5.41) is 0. The zero-order chi connectivity index (χ0) is 14.7. The Balaban J connectivity index is 2.23. The average molecular weight is 466 g/mol. The largest absolute Gasteiger partial charge is 0.496 e. The van der Waals surface area contributed by atoms with Crippen LogP contribution in [0.5, 0.6) is 11.5 Å². The summed E-state index contributed by atoms with van der Waals surface area (Å²) in [7, 11) is 1.63. The topological polar surface area (TPSA) is 44.5 Å². The molecule has 106 valence electrons. The molecular weight excluding hydrogens is 454 g/mol. The molecule has 0 aliphatic carbocycles. The molecule has 0 saturated carbocycles. The maximum absolute atomic E-state index is 5.86. The Hall–Kier alpha value is -0.720. The summed E-state index contributed by atoms with van der Waals surface area (Å²) in [6, 6.07) is 9.33. The van der Waals surface area contributed by atoms with Crippen LogP contribution >= 0.6 is 47.8 Å². The summed E-state index contributed by atoms with van der Waals surface area (Å²) in [6.45, 7) is 0.368. The molecule has 0 heterocycles. The highest BCUT2D eigenvalue weighted by Crippen LogP contribution is 2.37. The molecule has 0 aliphatic rings. The Labute approximate surface area is 142 Å². The molecule has 0 aliphatic heterocycles. The van der Waals surface area contributed by atoms with E-state index in [2.05, 4.69) is 47.8 Å². The molecule has 20 heavy (non-hydrogen) atoms. The average Bonchev–Trinajstić information content (AvgIpc) is 2.37. The molecule has 2 aromatic carbocycles. The third-order valence-corrected chi connectivity index (χ3v) is 4.28. The van der Waals surface area contributed by atoms with E-state index in [9.17, 15) is 0 Å². The molecule has 2 N–H and O–H groups in total. The fourth-order valence-corrected chi connectivity index (χ4v) is 4.22. The summed E-state index contributed by atoms with van der Waals surface area (Å²) in [6.07, 6.45) is 0. The lowest BCUT2D eigenvalue weighted by Gasteiger charge is -2.13. The minimum atomic E-state index is 0.368. The normalized spacial score (nSPS) is 10.4. The van der Waals surface area contributed by atoms with Crippen molar-refractivity contribution < 1.29 is 9.47 Å². The van der Waals surface area contributed by atoms with Crippen molar-refractivity contribution in [3.8, 4) is 11.5 Å².